The fraction of sp³-hybridized carbons (Fsp3) is 0.172. The van der Waals surface area contributed by atoms with Crippen molar-refractivity contribution >= 4 is 41.2 Å². The SMILES string of the molecule is COc1cc(/C=C2\C(=O)NC(=O)N(c3cc(C)cc(C)c3)C2=O)ccc1OCC(=O)Nc1ccc(C)cc1. The van der Waals surface area contributed by atoms with E-state index in [4.69, 9.17) is 9.47 Å². The van der Waals surface area contributed by atoms with Gasteiger partial charge >= 0.3 is 6.03 Å². The van der Waals surface area contributed by atoms with Gasteiger partial charge in [0.05, 0.1) is 12.8 Å². The summed E-state index contributed by atoms with van der Waals surface area (Å²) in [6.45, 7) is 5.41. The molecular formula is C29H27N3O6. The predicted octanol–water partition coefficient (Wildman–Crippen LogP) is 4.30. The Morgan fingerprint density at radius 1 is 0.895 bits per heavy atom. The average molecular weight is 514 g/mol. The van der Waals surface area contributed by atoms with E-state index in [0.717, 1.165) is 21.6 Å². The van der Waals surface area contributed by atoms with Crippen LogP contribution in [0.25, 0.3) is 6.08 Å². The molecule has 1 heterocycles. The Hall–Kier alpha value is -4.92. The van der Waals surface area contributed by atoms with Gasteiger partial charge in [-0.25, -0.2) is 9.69 Å². The lowest BCUT2D eigenvalue weighted by atomic mass is 10.0. The summed E-state index contributed by atoms with van der Waals surface area (Å²) < 4.78 is 11.0. The lowest BCUT2D eigenvalue weighted by Crippen LogP contribution is -2.54. The molecule has 0 aromatic heterocycles. The van der Waals surface area contributed by atoms with Crippen LogP contribution >= 0.6 is 0 Å². The van der Waals surface area contributed by atoms with Crippen LogP contribution in [0.3, 0.4) is 0 Å². The van der Waals surface area contributed by atoms with Crippen LogP contribution < -0.4 is 25.0 Å². The topological polar surface area (TPSA) is 114 Å². The first kappa shape index (κ1) is 26.2. The molecule has 2 N–H and O–H groups in total. The van der Waals surface area contributed by atoms with Crippen molar-refractivity contribution in [1.29, 1.82) is 0 Å². The number of rotatable bonds is 7. The van der Waals surface area contributed by atoms with Crippen LogP contribution in [0, 0.1) is 20.8 Å². The standard InChI is InChI=1S/C29H27N3O6/c1-17-5-8-21(9-6-17)30-26(33)16-38-24-10-7-20(15-25(24)37-4)14-23-27(34)31-29(36)32(28(23)35)22-12-18(2)11-19(3)13-22/h5-15H,16H2,1-4H3,(H,30,33)(H,31,34,36)/b23-14+. The highest BCUT2D eigenvalue weighted by molar-refractivity contribution is 6.39. The number of urea groups is 1. The molecule has 38 heavy (non-hydrogen) atoms. The Bertz CT molecular complexity index is 1440. The van der Waals surface area contributed by atoms with Crippen LogP contribution in [0.4, 0.5) is 16.2 Å². The Labute approximate surface area is 220 Å². The fourth-order valence-corrected chi connectivity index (χ4v) is 4.01. The van der Waals surface area contributed by atoms with Gasteiger partial charge in [0.2, 0.25) is 0 Å². The number of benzene rings is 3. The van der Waals surface area contributed by atoms with Gasteiger partial charge in [-0.2, -0.15) is 0 Å². The summed E-state index contributed by atoms with van der Waals surface area (Å²) in [4.78, 5) is 51.5. The molecule has 1 fully saturated rings. The maximum absolute atomic E-state index is 13.2. The van der Waals surface area contributed by atoms with Gasteiger partial charge in [-0.15, -0.1) is 0 Å². The molecule has 3 aromatic rings. The first-order valence-electron chi connectivity index (χ1n) is 11.8. The van der Waals surface area contributed by atoms with Crippen LogP contribution in [0.15, 0.2) is 66.2 Å². The van der Waals surface area contributed by atoms with E-state index in [9.17, 15) is 19.2 Å². The number of methoxy groups -OCH3 is 1. The molecule has 0 bridgehead atoms. The van der Waals surface area contributed by atoms with Gasteiger partial charge in [0.15, 0.2) is 18.1 Å². The molecule has 0 unspecified atom stereocenters. The second-order valence-corrected chi connectivity index (χ2v) is 8.92. The Kier molecular flexibility index (Phi) is 7.57. The highest BCUT2D eigenvalue weighted by Crippen LogP contribution is 2.30. The molecule has 3 aromatic carbocycles. The largest absolute Gasteiger partial charge is 0.493 e. The van der Waals surface area contributed by atoms with Crippen LogP contribution in [0.2, 0.25) is 0 Å². The van der Waals surface area contributed by atoms with E-state index in [1.165, 1.54) is 13.2 Å². The Balaban J connectivity index is 1.52. The average Bonchev–Trinajstić information content (AvgIpc) is 2.86. The second-order valence-electron chi connectivity index (χ2n) is 8.92. The number of amides is 5. The van der Waals surface area contributed by atoms with Crippen molar-refractivity contribution < 1.29 is 28.7 Å². The van der Waals surface area contributed by atoms with Gasteiger partial charge in [0.1, 0.15) is 5.57 Å². The van der Waals surface area contributed by atoms with Crippen molar-refractivity contribution in [2.75, 3.05) is 23.9 Å². The number of aryl methyl sites for hydroxylation is 3. The molecule has 9 heteroatoms. The molecule has 1 aliphatic heterocycles. The Morgan fingerprint density at radius 2 is 1.58 bits per heavy atom. The maximum atomic E-state index is 13.2. The lowest BCUT2D eigenvalue weighted by molar-refractivity contribution is -0.122. The van der Waals surface area contributed by atoms with Crippen LogP contribution in [0.5, 0.6) is 11.5 Å². The lowest BCUT2D eigenvalue weighted by Gasteiger charge is -2.27. The van der Waals surface area contributed by atoms with E-state index in [0.29, 0.717) is 28.4 Å². The highest BCUT2D eigenvalue weighted by atomic mass is 16.5. The second kappa shape index (κ2) is 11.0. The molecule has 4 rings (SSSR count). The number of carbonyl (C=O) groups excluding carboxylic acids is 4. The van der Waals surface area contributed by atoms with Crippen molar-refractivity contribution in [1.82, 2.24) is 5.32 Å². The van der Waals surface area contributed by atoms with Gasteiger partial charge < -0.3 is 14.8 Å². The number of imide groups is 2. The van der Waals surface area contributed by atoms with Crippen molar-refractivity contribution in [3.63, 3.8) is 0 Å². The van der Waals surface area contributed by atoms with Crippen molar-refractivity contribution in [3.8, 4) is 11.5 Å². The van der Waals surface area contributed by atoms with E-state index in [1.54, 1.807) is 42.5 Å². The normalized spacial score (nSPS) is 14.4. The number of hydrogen-bond acceptors (Lipinski definition) is 6. The zero-order valence-corrected chi connectivity index (χ0v) is 21.5. The van der Waals surface area contributed by atoms with Crippen LogP contribution in [-0.4, -0.2) is 37.5 Å². The van der Waals surface area contributed by atoms with E-state index < -0.39 is 17.8 Å². The number of hydrogen-bond donors (Lipinski definition) is 2. The summed E-state index contributed by atoms with van der Waals surface area (Å²) in [7, 11) is 1.43. The van der Waals surface area contributed by atoms with Gasteiger partial charge in [0, 0.05) is 5.69 Å². The smallest absolute Gasteiger partial charge is 0.335 e. The summed E-state index contributed by atoms with van der Waals surface area (Å²) >= 11 is 0. The van der Waals surface area contributed by atoms with Crippen molar-refractivity contribution in [2.24, 2.45) is 0 Å². The predicted molar refractivity (Wildman–Crippen MR) is 143 cm³/mol. The third-order valence-corrected chi connectivity index (χ3v) is 5.76. The van der Waals surface area contributed by atoms with Crippen LogP contribution in [-0.2, 0) is 14.4 Å². The zero-order chi connectivity index (χ0) is 27.4. The van der Waals surface area contributed by atoms with Gasteiger partial charge in [-0.05, 0) is 79.9 Å². The molecule has 9 nitrogen and oxygen atoms in total. The third kappa shape index (κ3) is 5.89. The summed E-state index contributed by atoms with van der Waals surface area (Å²) in [5, 5.41) is 4.97. The minimum Gasteiger partial charge on any atom is -0.493 e. The fourth-order valence-electron chi connectivity index (χ4n) is 4.01. The van der Waals surface area contributed by atoms with Gasteiger partial charge in [-0.1, -0.05) is 29.8 Å². The first-order chi connectivity index (χ1) is 18.1. The summed E-state index contributed by atoms with van der Waals surface area (Å²) in [6.07, 6.45) is 1.37. The number of nitrogens with one attached hydrogen (secondary N) is 2. The number of carbonyl (C=O) groups is 4. The summed E-state index contributed by atoms with van der Waals surface area (Å²) in [6, 6.07) is 16.6. The molecule has 0 saturated carbocycles. The van der Waals surface area contributed by atoms with E-state index >= 15 is 0 Å². The summed E-state index contributed by atoms with van der Waals surface area (Å²) in [5.74, 6) is -1.28. The molecule has 5 amide bonds. The molecular weight excluding hydrogens is 486 g/mol. The zero-order valence-electron chi connectivity index (χ0n) is 21.5. The molecule has 0 aliphatic carbocycles. The summed E-state index contributed by atoms with van der Waals surface area (Å²) in [5.41, 5.74) is 4.10. The molecule has 0 spiro atoms. The highest BCUT2D eigenvalue weighted by Gasteiger charge is 2.37. The van der Waals surface area contributed by atoms with Gasteiger partial charge in [-0.3, -0.25) is 19.7 Å². The number of ether oxygens (including phenoxy) is 2. The van der Waals surface area contributed by atoms with E-state index in [2.05, 4.69) is 10.6 Å². The van der Waals surface area contributed by atoms with E-state index in [1.807, 2.05) is 39.0 Å². The molecule has 1 aliphatic rings. The number of barbiturate groups is 1. The first-order valence-corrected chi connectivity index (χ1v) is 11.8. The van der Waals surface area contributed by atoms with E-state index in [-0.39, 0.29) is 18.1 Å². The number of nitrogens with zero attached hydrogens (tertiary/aromatic N) is 1. The molecule has 0 radical (unpaired) electrons. The number of anilines is 2. The molecule has 1 saturated heterocycles. The van der Waals surface area contributed by atoms with Crippen molar-refractivity contribution in [3.05, 3.63) is 88.5 Å². The minimum atomic E-state index is -0.813. The maximum Gasteiger partial charge on any atom is 0.335 e. The Morgan fingerprint density at radius 3 is 2.24 bits per heavy atom. The molecule has 0 atom stereocenters. The van der Waals surface area contributed by atoms with Gasteiger partial charge in [0.25, 0.3) is 17.7 Å². The van der Waals surface area contributed by atoms with Crippen molar-refractivity contribution in [2.45, 2.75) is 20.8 Å². The quantitative estimate of drug-likeness (QED) is 0.360. The minimum absolute atomic E-state index is 0.211. The monoisotopic (exact) mass is 513 g/mol. The van der Waals surface area contributed by atoms with Crippen LogP contribution in [0.1, 0.15) is 22.3 Å². The molecule has 194 valence electrons. The third-order valence-electron chi connectivity index (χ3n) is 5.76.